The van der Waals surface area contributed by atoms with E-state index in [9.17, 15) is 8.78 Å². The summed E-state index contributed by atoms with van der Waals surface area (Å²) in [6, 6.07) is 9.47. The molecule has 2 aromatic rings. The number of rotatable bonds is 4. The van der Waals surface area contributed by atoms with Gasteiger partial charge in [-0.15, -0.1) is 11.6 Å². The highest BCUT2D eigenvalue weighted by molar-refractivity contribution is 9.10. The number of benzene rings is 2. The highest BCUT2D eigenvalue weighted by atomic mass is 79.9. The molecule has 0 saturated carbocycles. The SMILES string of the molecule is COc1ccc(Br)c(C(Cl)Cc2cccc(F)c2F)c1. The van der Waals surface area contributed by atoms with Gasteiger partial charge >= 0.3 is 0 Å². The second-order valence-electron chi connectivity index (χ2n) is 4.27. The Morgan fingerprint density at radius 1 is 1.25 bits per heavy atom. The molecular formula is C15H12BrClF2O. The van der Waals surface area contributed by atoms with Gasteiger partial charge < -0.3 is 4.74 Å². The molecule has 0 aliphatic heterocycles. The first-order valence-electron chi connectivity index (χ1n) is 5.93. The van der Waals surface area contributed by atoms with Crippen molar-refractivity contribution in [3.8, 4) is 5.75 Å². The van der Waals surface area contributed by atoms with Gasteiger partial charge in [0.2, 0.25) is 0 Å². The summed E-state index contributed by atoms with van der Waals surface area (Å²) in [4.78, 5) is 0. The Morgan fingerprint density at radius 3 is 2.70 bits per heavy atom. The molecule has 0 fully saturated rings. The third kappa shape index (κ3) is 3.30. The third-order valence-corrected chi connectivity index (χ3v) is 4.08. The molecule has 0 aromatic heterocycles. The average molecular weight is 362 g/mol. The summed E-state index contributed by atoms with van der Waals surface area (Å²) in [7, 11) is 1.56. The first kappa shape index (κ1) is 15.3. The Morgan fingerprint density at radius 2 is 2.00 bits per heavy atom. The number of alkyl halides is 1. The van der Waals surface area contributed by atoms with E-state index in [0.29, 0.717) is 5.75 Å². The van der Waals surface area contributed by atoms with Crippen molar-refractivity contribution >= 4 is 27.5 Å². The summed E-state index contributed by atoms with van der Waals surface area (Å²) in [6.45, 7) is 0. The van der Waals surface area contributed by atoms with Crippen molar-refractivity contribution in [1.82, 2.24) is 0 Å². The molecule has 0 bridgehead atoms. The topological polar surface area (TPSA) is 9.23 Å². The highest BCUT2D eigenvalue weighted by Gasteiger charge is 2.17. The quantitative estimate of drug-likeness (QED) is 0.675. The van der Waals surface area contributed by atoms with Gasteiger partial charge in [0.15, 0.2) is 11.6 Å². The fourth-order valence-corrected chi connectivity index (χ4v) is 2.90. The molecule has 0 N–H and O–H groups in total. The van der Waals surface area contributed by atoms with Gasteiger partial charge in [0, 0.05) is 4.47 Å². The van der Waals surface area contributed by atoms with E-state index in [2.05, 4.69) is 15.9 Å². The second-order valence-corrected chi connectivity index (χ2v) is 5.65. The highest BCUT2D eigenvalue weighted by Crippen LogP contribution is 2.34. The first-order chi connectivity index (χ1) is 9.52. The fourth-order valence-electron chi connectivity index (χ4n) is 1.90. The maximum atomic E-state index is 13.7. The van der Waals surface area contributed by atoms with E-state index in [1.165, 1.54) is 12.1 Å². The van der Waals surface area contributed by atoms with E-state index in [4.69, 9.17) is 16.3 Å². The standard InChI is InChI=1S/C15H12BrClF2O/c1-20-10-5-6-12(16)11(8-10)13(17)7-9-3-2-4-14(18)15(9)19/h2-6,8,13H,7H2,1H3. The minimum absolute atomic E-state index is 0.191. The molecule has 2 rings (SSSR count). The summed E-state index contributed by atoms with van der Waals surface area (Å²) >= 11 is 9.72. The Kier molecular flexibility index (Phi) is 5.00. The molecule has 0 aliphatic carbocycles. The lowest BCUT2D eigenvalue weighted by Crippen LogP contribution is -2.01. The molecule has 0 heterocycles. The minimum Gasteiger partial charge on any atom is -0.497 e. The summed E-state index contributed by atoms with van der Waals surface area (Å²) in [5.74, 6) is -1.05. The fraction of sp³-hybridized carbons (Fsp3) is 0.200. The van der Waals surface area contributed by atoms with Crippen LogP contribution in [0, 0.1) is 11.6 Å². The molecule has 0 radical (unpaired) electrons. The minimum atomic E-state index is -0.865. The van der Waals surface area contributed by atoms with Crippen molar-refractivity contribution in [3.63, 3.8) is 0 Å². The molecule has 0 saturated heterocycles. The molecule has 2 aromatic carbocycles. The van der Waals surface area contributed by atoms with Crippen molar-refractivity contribution in [2.75, 3.05) is 7.11 Å². The molecule has 1 atom stereocenters. The lowest BCUT2D eigenvalue weighted by Gasteiger charge is -2.14. The third-order valence-electron chi connectivity index (χ3n) is 2.97. The van der Waals surface area contributed by atoms with Crippen LogP contribution in [0.1, 0.15) is 16.5 Å². The van der Waals surface area contributed by atoms with Crippen molar-refractivity contribution in [2.45, 2.75) is 11.8 Å². The zero-order valence-corrected chi connectivity index (χ0v) is 13.0. The van der Waals surface area contributed by atoms with Crippen LogP contribution in [0.15, 0.2) is 40.9 Å². The molecule has 20 heavy (non-hydrogen) atoms. The second kappa shape index (κ2) is 6.55. The molecule has 0 spiro atoms. The van der Waals surface area contributed by atoms with Crippen molar-refractivity contribution in [1.29, 1.82) is 0 Å². The monoisotopic (exact) mass is 360 g/mol. The zero-order chi connectivity index (χ0) is 14.7. The number of hydrogen-bond acceptors (Lipinski definition) is 1. The molecule has 1 nitrogen and oxygen atoms in total. The molecular weight excluding hydrogens is 350 g/mol. The van der Waals surface area contributed by atoms with E-state index in [-0.39, 0.29) is 12.0 Å². The van der Waals surface area contributed by atoms with Gasteiger partial charge in [-0.05, 0) is 41.8 Å². The smallest absolute Gasteiger partial charge is 0.162 e. The van der Waals surface area contributed by atoms with Crippen LogP contribution in [0.3, 0.4) is 0 Å². The van der Waals surface area contributed by atoms with Crippen molar-refractivity contribution in [2.24, 2.45) is 0 Å². The number of methoxy groups -OCH3 is 1. The van der Waals surface area contributed by atoms with Gasteiger partial charge in [0.25, 0.3) is 0 Å². The Bertz CT molecular complexity index is 619. The van der Waals surface area contributed by atoms with Crippen molar-refractivity contribution < 1.29 is 13.5 Å². The van der Waals surface area contributed by atoms with Gasteiger partial charge in [-0.2, -0.15) is 0 Å². The molecule has 106 valence electrons. The van der Waals surface area contributed by atoms with E-state index < -0.39 is 17.0 Å². The Labute approximate surface area is 129 Å². The van der Waals surface area contributed by atoms with Gasteiger partial charge in [-0.3, -0.25) is 0 Å². The van der Waals surface area contributed by atoms with Crippen LogP contribution >= 0.6 is 27.5 Å². The van der Waals surface area contributed by atoms with Crippen LogP contribution in [-0.2, 0) is 6.42 Å². The van der Waals surface area contributed by atoms with Crippen LogP contribution in [-0.4, -0.2) is 7.11 Å². The van der Waals surface area contributed by atoms with E-state index in [1.54, 1.807) is 19.2 Å². The van der Waals surface area contributed by atoms with Crippen LogP contribution in [0.5, 0.6) is 5.75 Å². The summed E-state index contributed by atoms with van der Waals surface area (Å²) in [5.41, 5.74) is 1.02. The molecule has 0 amide bonds. The van der Waals surface area contributed by atoms with E-state index in [1.807, 2.05) is 6.07 Å². The van der Waals surface area contributed by atoms with Gasteiger partial charge in [0.05, 0.1) is 12.5 Å². The maximum absolute atomic E-state index is 13.7. The Hall–Kier alpha value is -1.13. The summed E-state index contributed by atoms with van der Waals surface area (Å²) in [5, 5.41) is -0.490. The van der Waals surface area contributed by atoms with E-state index in [0.717, 1.165) is 16.1 Å². The molecule has 1 unspecified atom stereocenters. The predicted octanol–water partition coefficient (Wildman–Crippen LogP) is 5.26. The maximum Gasteiger partial charge on any atom is 0.162 e. The van der Waals surface area contributed by atoms with Gasteiger partial charge in [-0.25, -0.2) is 8.78 Å². The van der Waals surface area contributed by atoms with E-state index >= 15 is 0 Å². The van der Waals surface area contributed by atoms with Crippen LogP contribution in [0.2, 0.25) is 0 Å². The number of hydrogen-bond donors (Lipinski definition) is 0. The number of ether oxygens (including phenoxy) is 1. The van der Waals surface area contributed by atoms with Crippen LogP contribution in [0.4, 0.5) is 8.78 Å². The first-order valence-corrected chi connectivity index (χ1v) is 7.16. The lowest BCUT2D eigenvalue weighted by atomic mass is 10.0. The van der Waals surface area contributed by atoms with Gasteiger partial charge in [-0.1, -0.05) is 28.1 Å². The molecule has 0 aliphatic rings. The lowest BCUT2D eigenvalue weighted by molar-refractivity contribution is 0.414. The summed E-state index contributed by atoms with van der Waals surface area (Å²) in [6.07, 6.45) is 0.191. The van der Waals surface area contributed by atoms with Crippen molar-refractivity contribution in [3.05, 3.63) is 63.6 Å². The predicted molar refractivity (Wildman–Crippen MR) is 79.4 cm³/mol. The van der Waals surface area contributed by atoms with Gasteiger partial charge in [0.1, 0.15) is 5.75 Å². The van der Waals surface area contributed by atoms with Crippen LogP contribution in [0.25, 0.3) is 0 Å². The average Bonchev–Trinajstić information content (AvgIpc) is 2.44. The Balaban J connectivity index is 2.28. The molecule has 5 heteroatoms. The normalized spacial score (nSPS) is 12.2. The van der Waals surface area contributed by atoms with Crippen LogP contribution < -0.4 is 4.74 Å². The summed E-state index contributed by atoms with van der Waals surface area (Å²) < 4.78 is 32.8. The zero-order valence-electron chi connectivity index (χ0n) is 10.7. The number of halogens is 4. The largest absolute Gasteiger partial charge is 0.497 e.